The molecule has 0 aliphatic carbocycles. The minimum atomic E-state index is -0.780. The quantitative estimate of drug-likeness (QED) is 0.241. The summed E-state index contributed by atoms with van der Waals surface area (Å²) < 4.78 is 7.96. The second-order valence-electron chi connectivity index (χ2n) is 9.78. The first-order valence-corrected chi connectivity index (χ1v) is 15.2. The molecule has 2 aliphatic heterocycles. The number of aromatic nitrogens is 1. The van der Waals surface area contributed by atoms with Gasteiger partial charge in [0.1, 0.15) is 17.6 Å². The molecule has 0 saturated carbocycles. The molecule has 7 rings (SSSR count). The molecular formula is C30H20BrN3O5S2. The molecule has 204 valence electrons. The third kappa shape index (κ3) is 4.44. The number of hydrogen-bond acceptors (Lipinski definition) is 7. The van der Waals surface area contributed by atoms with Crippen molar-refractivity contribution in [3.05, 3.63) is 110 Å². The van der Waals surface area contributed by atoms with Crippen molar-refractivity contribution in [2.24, 2.45) is 5.92 Å². The molecule has 0 spiro atoms. The van der Waals surface area contributed by atoms with E-state index in [9.17, 15) is 19.2 Å². The van der Waals surface area contributed by atoms with E-state index in [0.29, 0.717) is 27.0 Å². The molecule has 11 heteroatoms. The van der Waals surface area contributed by atoms with Gasteiger partial charge in [-0.3, -0.25) is 23.7 Å². The van der Waals surface area contributed by atoms with Crippen LogP contribution in [0, 0.1) is 5.92 Å². The van der Waals surface area contributed by atoms with Gasteiger partial charge in [0, 0.05) is 10.2 Å². The Hall–Kier alpha value is -3.93. The molecule has 1 N–H and O–H groups in total. The first-order chi connectivity index (χ1) is 19.9. The van der Waals surface area contributed by atoms with Gasteiger partial charge in [-0.15, -0.1) is 0 Å². The fourth-order valence-electron chi connectivity index (χ4n) is 5.49. The fourth-order valence-corrected chi connectivity index (χ4v) is 8.50. The average molecular weight is 647 g/mol. The maximum Gasteiger partial charge on any atom is 0.308 e. The molecule has 1 saturated heterocycles. The molecular weight excluding hydrogens is 626 g/mol. The van der Waals surface area contributed by atoms with Gasteiger partial charge in [-0.1, -0.05) is 69.4 Å². The number of benzene rings is 3. The number of thiazole rings is 1. The van der Waals surface area contributed by atoms with Gasteiger partial charge in [-0.2, -0.15) is 0 Å². The monoisotopic (exact) mass is 645 g/mol. The number of furan rings is 1. The third-order valence-electron chi connectivity index (χ3n) is 7.32. The van der Waals surface area contributed by atoms with Crippen LogP contribution in [0.5, 0.6) is 0 Å². The summed E-state index contributed by atoms with van der Waals surface area (Å²) in [4.78, 5) is 55.4. The van der Waals surface area contributed by atoms with Crippen molar-refractivity contribution >= 4 is 78.9 Å². The van der Waals surface area contributed by atoms with E-state index in [2.05, 4.69) is 21.2 Å². The van der Waals surface area contributed by atoms with E-state index in [4.69, 9.17) is 4.42 Å². The SMILES string of the molecule is O=C(Cn1c2c(sc1=O)C(c1ccco1)C1C(=O)N(c3ccc(Br)cc3)C(=O)C1S2)Nc1ccc2ccccc2c1. The number of halogens is 1. The normalized spacial score (nSPS) is 19.8. The van der Waals surface area contributed by atoms with Gasteiger partial charge in [0.25, 0.3) is 0 Å². The lowest BCUT2D eigenvalue weighted by molar-refractivity contribution is -0.122. The van der Waals surface area contributed by atoms with Crippen molar-refractivity contribution in [1.82, 2.24) is 4.57 Å². The molecule has 4 heterocycles. The molecule has 0 bridgehead atoms. The van der Waals surface area contributed by atoms with Crippen LogP contribution in [0.15, 0.2) is 104 Å². The fraction of sp³-hybridized carbons (Fsp3) is 0.133. The van der Waals surface area contributed by atoms with E-state index in [1.54, 1.807) is 36.4 Å². The summed E-state index contributed by atoms with van der Waals surface area (Å²) >= 11 is 5.55. The van der Waals surface area contributed by atoms with Crippen molar-refractivity contribution in [1.29, 1.82) is 0 Å². The van der Waals surface area contributed by atoms with E-state index in [-0.39, 0.29) is 29.1 Å². The highest BCUT2D eigenvalue weighted by Gasteiger charge is 2.57. The molecule has 0 radical (unpaired) electrons. The van der Waals surface area contributed by atoms with Crippen LogP contribution in [0.3, 0.4) is 0 Å². The van der Waals surface area contributed by atoms with Crippen LogP contribution in [-0.4, -0.2) is 27.5 Å². The lowest BCUT2D eigenvalue weighted by Gasteiger charge is -2.29. The third-order valence-corrected chi connectivity index (χ3v) is 10.5. The molecule has 2 aliphatic rings. The number of hydrogen-bond donors (Lipinski definition) is 1. The van der Waals surface area contributed by atoms with E-state index in [1.165, 1.54) is 27.5 Å². The summed E-state index contributed by atoms with van der Waals surface area (Å²) in [5.74, 6) is -1.97. The van der Waals surface area contributed by atoms with Crippen LogP contribution in [0.4, 0.5) is 11.4 Å². The number of nitrogens with zero attached hydrogens (tertiary/aromatic N) is 2. The first-order valence-electron chi connectivity index (χ1n) is 12.7. The summed E-state index contributed by atoms with van der Waals surface area (Å²) in [6, 6.07) is 23.9. The van der Waals surface area contributed by atoms with Crippen molar-refractivity contribution < 1.29 is 18.8 Å². The minimum Gasteiger partial charge on any atom is -0.469 e. The van der Waals surface area contributed by atoms with E-state index in [0.717, 1.165) is 26.6 Å². The standard InChI is InChI=1S/C30H20BrN3O5S2/c31-18-8-11-20(12-9-18)34-27(36)24-23(21-6-3-13-39-21)26-29(40-25(24)28(34)37)33(30(38)41-26)15-22(35)32-19-10-7-16-4-1-2-5-17(16)14-19/h1-14,23-25H,15H2,(H,32,35). The van der Waals surface area contributed by atoms with Crippen LogP contribution in [0.2, 0.25) is 0 Å². The van der Waals surface area contributed by atoms with Gasteiger partial charge < -0.3 is 9.73 Å². The zero-order chi connectivity index (χ0) is 28.2. The van der Waals surface area contributed by atoms with E-state index >= 15 is 0 Å². The van der Waals surface area contributed by atoms with Crippen molar-refractivity contribution in [2.45, 2.75) is 22.7 Å². The Balaban J connectivity index is 1.23. The first kappa shape index (κ1) is 26.0. The Morgan fingerprint density at radius 3 is 2.46 bits per heavy atom. The number of carbonyl (C=O) groups excluding carboxylic acids is 3. The zero-order valence-corrected chi connectivity index (χ0v) is 24.4. The molecule has 41 heavy (non-hydrogen) atoms. The second-order valence-corrected chi connectivity index (χ2v) is 12.8. The average Bonchev–Trinajstić information content (AvgIpc) is 3.66. The molecule has 8 nitrogen and oxygen atoms in total. The number of anilines is 2. The smallest absolute Gasteiger partial charge is 0.308 e. The van der Waals surface area contributed by atoms with Gasteiger partial charge >= 0.3 is 4.87 Å². The Labute approximate surface area is 250 Å². The Morgan fingerprint density at radius 2 is 1.71 bits per heavy atom. The summed E-state index contributed by atoms with van der Waals surface area (Å²) in [6.07, 6.45) is 1.51. The number of fused-ring (bicyclic) bond motifs is 3. The van der Waals surface area contributed by atoms with Gasteiger partial charge in [-0.25, -0.2) is 4.90 Å². The van der Waals surface area contributed by atoms with Crippen LogP contribution in [0.25, 0.3) is 10.8 Å². The van der Waals surface area contributed by atoms with Gasteiger partial charge in [0.05, 0.1) is 33.7 Å². The van der Waals surface area contributed by atoms with Crippen LogP contribution >= 0.6 is 39.0 Å². The number of imide groups is 1. The van der Waals surface area contributed by atoms with Crippen molar-refractivity contribution in [3.63, 3.8) is 0 Å². The predicted octanol–water partition coefficient (Wildman–Crippen LogP) is 5.85. The van der Waals surface area contributed by atoms with Crippen LogP contribution < -0.4 is 15.1 Å². The zero-order valence-electron chi connectivity index (χ0n) is 21.2. The number of rotatable bonds is 5. The molecule has 3 amide bonds. The van der Waals surface area contributed by atoms with Crippen molar-refractivity contribution in [3.8, 4) is 0 Å². The lowest BCUT2D eigenvalue weighted by atomic mass is 9.87. The van der Waals surface area contributed by atoms with Gasteiger partial charge in [0.2, 0.25) is 17.7 Å². The molecule has 3 atom stereocenters. The van der Waals surface area contributed by atoms with Crippen LogP contribution in [0.1, 0.15) is 16.6 Å². The van der Waals surface area contributed by atoms with E-state index < -0.39 is 17.1 Å². The molecule has 2 aromatic heterocycles. The highest BCUT2D eigenvalue weighted by molar-refractivity contribution is 9.10. The lowest BCUT2D eigenvalue weighted by Crippen LogP contribution is -2.32. The summed E-state index contributed by atoms with van der Waals surface area (Å²) in [5, 5.41) is 4.65. The summed E-state index contributed by atoms with van der Waals surface area (Å²) in [5.41, 5.74) is 1.10. The minimum absolute atomic E-state index is 0.231. The maximum absolute atomic E-state index is 13.8. The highest BCUT2D eigenvalue weighted by Crippen LogP contribution is 2.54. The van der Waals surface area contributed by atoms with Crippen molar-refractivity contribution in [2.75, 3.05) is 10.2 Å². The number of amides is 3. The molecule has 5 aromatic rings. The summed E-state index contributed by atoms with van der Waals surface area (Å²) in [7, 11) is 0. The van der Waals surface area contributed by atoms with E-state index in [1.807, 2.05) is 42.5 Å². The maximum atomic E-state index is 13.8. The number of carbonyl (C=O) groups is 3. The predicted molar refractivity (Wildman–Crippen MR) is 161 cm³/mol. The molecule has 3 unspecified atom stereocenters. The van der Waals surface area contributed by atoms with Crippen LogP contribution in [-0.2, 0) is 20.9 Å². The Kier molecular flexibility index (Phi) is 6.44. The molecule has 3 aromatic carbocycles. The largest absolute Gasteiger partial charge is 0.469 e. The van der Waals surface area contributed by atoms with Gasteiger partial charge in [0.15, 0.2) is 0 Å². The summed E-state index contributed by atoms with van der Waals surface area (Å²) in [6.45, 7) is -0.231. The second kappa shape index (κ2) is 10.2. The van der Waals surface area contributed by atoms with Gasteiger partial charge in [-0.05, 0) is 59.3 Å². The Morgan fingerprint density at radius 1 is 0.927 bits per heavy atom. The molecule has 1 fully saturated rings. The number of nitrogens with one attached hydrogen (secondary N) is 1. The number of thioether (sulfide) groups is 1. The topological polar surface area (TPSA) is 102 Å². The highest BCUT2D eigenvalue weighted by atomic mass is 79.9. The Bertz CT molecular complexity index is 1900.